The second-order valence-electron chi connectivity index (χ2n) is 2.70. The lowest BCUT2D eigenvalue weighted by molar-refractivity contribution is 0.420. The number of methoxy groups -OCH3 is 1. The fraction of sp³-hybridized carbons (Fsp3) is 0.222. The predicted molar refractivity (Wildman–Crippen MR) is 60.7 cm³/mol. The summed E-state index contributed by atoms with van der Waals surface area (Å²) in [5.74, 6) is 0.809. The largest absolute Gasteiger partial charge is 0.495 e. The third-order valence-corrected chi connectivity index (χ3v) is 3.28. The number of anilines is 1. The van der Waals surface area contributed by atoms with Gasteiger partial charge < -0.3 is 10.1 Å². The molecule has 0 amide bonds. The Morgan fingerprint density at radius 2 is 2.29 bits per heavy atom. The fourth-order valence-electron chi connectivity index (χ4n) is 1.22. The second kappa shape index (κ2) is 3.63. The van der Waals surface area contributed by atoms with E-state index in [2.05, 4.69) is 10.3 Å². The average molecular weight is 229 g/mol. The van der Waals surface area contributed by atoms with Gasteiger partial charge in [0.15, 0.2) is 5.13 Å². The summed E-state index contributed by atoms with van der Waals surface area (Å²) in [6.45, 7) is 0. The summed E-state index contributed by atoms with van der Waals surface area (Å²) in [6, 6.07) is 3.64. The standard InChI is InChI=1S/C9H9ClN2OS/c1-11-9-12-7-5(10)3-4-6(13-2)8(7)14-9/h3-4H,1-2H3,(H,11,12). The Bertz CT molecular complexity index is 469. The molecule has 2 aromatic rings. The van der Waals surface area contributed by atoms with Crippen LogP contribution in [0.2, 0.25) is 5.02 Å². The molecule has 0 aliphatic carbocycles. The van der Waals surface area contributed by atoms with E-state index in [0.717, 1.165) is 21.1 Å². The van der Waals surface area contributed by atoms with Gasteiger partial charge in [0.05, 0.1) is 16.8 Å². The summed E-state index contributed by atoms with van der Waals surface area (Å²) in [5.41, 5.74) is 0.792. The molecule has 3 nitrogen and oxygen atoms in total. The second-order valence-corrected chi connectivity index (χ2v) is 4.10. The van der Waals surface area contributed by atoms with Crippen LogP contribution in [0.15, 0.2) is 12.1 Å². The van der Waals surface area contributed by atoms with E-state index in [0.29, 0.717) is 5.02 Å². The highest BCUT2D eigenvalue weighted by molar-refractivity contribution is 7.22. The van der Waals surface area contributed by atoms with Crippen molar-refractivity contribution in [2.45, 2.75) is 0 Å². The molecule has 0 unspecified atom stereocenters. The van der Waals surface area contributed by atoms with Crippen LogP contribution in [-0.4, -0.2) is 19.1 Å². The molecule has 0 aliphatic rings. The number of halogens is 1. The Hall–Kier alpha value is -1.00. The number of ether oxygens (including phenoxy) is 1. The minimum absolute atomic E-state index is 0.651. The van der Waals surface area contributed by atoms with E-state index in [9.17, 15) is 0 Å². The summed E-state index contributed by atoms with van der Waals surface area (Å²) < 4.78 is 6.20. The molecule has 14 heavy (non-hydrogen) atoms. The lowest BCUT2D eigenvalue weighted by Gasteiger charge is -1.99. The molecule has 0 aliphatic heterocycles. The van der Waals surface area contributed by atoms with Crippen molar-refractivity contribution in [3.63, 3.8) is 0 Å². The number of nitrogens with one attached hydrogen (secondary N) is 1. The van der Waals surface area contributed by atoms with Crippen molar-refractivity contribution in [1.82, 2.24) is 4.98 Å². The monoisotopic (exact) mass is 228 g/mol. The van der Waals surface area contributed by atoms with Crippen LogP contribution in [0.25, 0.3) is 10.2 Å². The number of fused-ring (bicyclic) bond motifs is 1. The van der Waals surface area contributed by atoms with Gasteiger partial charge in [-0.25, -0.2) is 4.98 Å². The Kier molecular flexibility index (Phi) is 2.48. The van der Waals surface area contributed by atoms with Gasteiger partial charge in [0.1, 0.15) is 11.3 Å². The molecule has 0 saturated heterocycles. The van der Waals surface area contributed by atoms with Gasteiger partial charge in [-0.2, -0.15) is 0 Å². The van der Waals surface area contributed by atoms with Gasteiger partial charge in [-0.1, -0.05) is 22.9 Å². The van der Waals surface area contributed by atoms with Crippen LogP contribution in [0.1, 0.15) is 0 Å². The zero-order chi connectivity index (χ0) is 10.1. The van der Waals surface area contributed by atoms with Gasteiger partial charge in [-0.3, -0.25) is 0 Å². The van der Waals surface area contributed by atoms with Gasteiger partial charge in [0, 0.05) is 7.05 Å². The Labute approximate surface area is 90.7 Å². The first-order valence-corrected chi connectivity index (χ1v) is 5.26. The number of benzene rings is 1. The SMILES string of the molecule is CNc1nc2c(Cl)ccc(OC)c2s1. The van der Waals surface area contributed by atoms with Gasteiger partial charge in [0.2, 0.25) is 0 Å². The summed E-state index contributed by atoms with van der Waals surface area (Å²) >= 11 is 7.55. The first-order chi connectivity index (χ1) is 6.76. The number of hydrogen-bond acceptors (Lipinski definition) is 4. The zero-order valence-electron chi connectivity index (χ0n) is 7.80. The van der Waals surface area contributed by atoms with Crippen LogP contribution in [0.3, 0.4) is 0 Å². The lowest BCUT2D eigenvalue weighted by atomic mass is 10.3. The fourth-order valence-corrected chi connectivity index (χ4v) is 2.41. The van der Waals surface area contributed by atoms with Crippen molar-refractivity contribution < 1.29 is 4.74 Å². The van der Waals surface area contributed by atoms with E-state index in [1.807, 2.05) is 13.1 Å². The quantitative estimate of drug-likeness (QED) is 0.858. The van der Waals surface area contributed by atoms with Gasteiger partial charge >= 0.3 is 0 Å². The van der Waals surface area contributed by atoms with Crippen LogP contribution < -0.4 is 10.1 Å². The van der Waals surface area contributed by atoms with Crippen molar-refractivity contribution in [3.05, 3.63) is 17.2 Å². The molecule has 0 spiro atoms. The maximum absolute atomic E-state index is 6.02. The lowest BCUT2D eigenvalue weighted by Crippen LogP contribution is -1.84. The van der Waals surface area contributed by atoms with Gasteiger partial charge in [-0.05, 0) is 12.1 Å². The van der Waals surface area contributed by atoms with Crippen molar-refractivity contribution in [1.29, 1.82) is 0 Å². The summed E-state index contributed by atoms with van der Waals surface area (Å²) in [7, 11) is 3.47. The maximum Gasteiger partial charge on any atom is 0.183 e. The normalized spacial score (nSPS) is 10.5. The number of hydrogen-bond donors (Lipinski definition) is 1. The maximum atomic E-state index is 6.02. The highest BCUT2D eigenvalue weighted by Crippen LogP contribution is 2.37. The van der Waals surface area contributed by atoms with Crippen LogP contribution in [0.4, 0.5) is 5.13 Å². The Balaban J connectivity index is 2.74. The molecule has 0 fully saturated rings. The summed E-state index contributed by atoms with van der Waals surface area (Å²) in [4.78, 5) is 4.33. The molecular weight excluding hydrogens is 220 g/mol. The number of nitrogens with zero attached hydrogens (tertiary/aromatic N) is 1. The smallest absolute Gasteiger partial charge is 0.183 e. The third-order valence-electron chi connectivity index (χ3n) is 1.89. The molecule has 2 rings (SSSR count). The van der Waals surface area contributed by atoms with E-state index < -0.39 is 0 Å². The van der Waals surface area contributed by atoms with Crippen molar-refractivity contribution >= 4 is 38.3 Å². The highest BCUT2D eigenvalue weighted by atomic mass is 35.5. The number of rotatable bonds is 2. The van der Waals surface area contributed by atoms with Gasteiger partial charge in [-0.15, -0.1) is 0 Å². The van der Waals surface area contributed by atoms with E-state index in [1.54, 1.807) is 13.2 Å². The number of thiazole rings is 1. The average Bonchev–Trinajstić information content (AvgIpc) is 2.63. The zero-order valence-corrected chi connectivity index (χ0v) is 9.37. The summed E-state index contributed by atoms with van der Waals surface area (Å²) in [6.07, 6.45) is 0. The molecular formula is C9H9ClN2OS. The Morgan fingerprint density at radius 1 is 1.50 bits per heavy atom. The van der Waals surface area contributed by atoms with E-state index in [4.69, 9.17) is 16.3 Å². The van der Waals surface area contributed by atoms with Crippen molar-refractivity contribution in [3.8, 4) is 5.75 Å². The molecule has 0 atom stereocenters. The topological polar surface area (TPSA) is 34.2 Å². The molecule has 1 N–H and O–H groups in total. The molecule has 1 aromatic carbocycles. The molecule has 0 bridgehead atoms. The summed E-state index contributed by atoms with van der Waals surface area (Å²) in [5, 5.41) is 4.48. The minimum Gasteiger partial charge on any atom is -0.495 e. The molecule has 74 valence electrons. The first kappa shape index (κ1) is 9.55. The molecule has 0 radical (unpaired) electrons. The van der Waals surface area contributed by atoms with Crippen LogP contribution in [0.5, 0.6) is 5.75 Å². The molecule has 1 aromatic heterocycles. The predicted octanol–water partition coefficient (Wildman–Crippen LogP) is 3.00. The third kappa shape index (κ3) is 1.40. The molecule has 1 heterocycles. The molecule has 0 saturated carbocycles. The Morgan fingerprint density at radius 3 is 2.93 bits per heavy atom. The van der Waals surface area contributed by atoms with Crippen molar-refractivity contribution in [2.24, 2.45) is 0 Å². The van der Waals surface area contributed by atoms with Crippen molar-refractivity contribution in [2.75, 3.05) is 19.5 Å². The first-order valence-electron chi connectivity index (χ1n) is 4.07. The van der Waals surface area contributed by atoms with E-state index in [-0.39, 0.29) is 0 Å². The van der Waals surface area contributed by atoms with Crippen LogP contribution in [-0.2, 0) is 0 Å². The van der Waals surface area contributed by atoms with E-state index in [1.165, 1.54) is 11.3 Å². The number of aromatic nitrogens is 1. The van der Waals surface area contributed by atoms with E-state index >= 15 is 0 Å². The van der Waals surface area contributed by atoms with Crippen LogP contribution >= 0.6 is 22.9 Å². The minimum atomic E-state index is 0.651. The highest BCUT2D eigenvalue weighted by Gasteiger charge is 2.10. The molecule has 5 heteroatoms. The van der Waals surface area contributed by atoms with Gasteiger partial charge in [0.25, 0.3) is 0 Å². The van der Waals surface area contributed by atoms with Crippen LogP contribution in [0, 0.1) is 0 Å².